The van der Waals surface area contributed by atoms with Crippen LogP contribution in [0.15, 0.2) is 217 Å². The van der Waals surface area contributed by atoms with E-state index < -0.39 is 5.41 Å². The number of hydrogen-bond acceptors (Lipinski definition) is 2. The largest absolute Gasteiger partial charge is 0.454 e. The number of nitrogens with zero attached hydrogens (tertiary/aromatic N) is 3. The Bertz CT molecular complexity index is 3690. The van der Waals surface area contributed by atoms with E-state index in [9.17, 15) is 0 Å². The highest BCUT2D eigenvalue weighted by Crippen LogP contribution is 2.61. The number of amidine groups is 2. The number of hydrogen-bond donors (Lipinski definition) is 2. The van der Waals surface area contributed by atoms with Crippen molar-refractivity contribution in [1.82, 2.24) is 9.13 Å². The zero-order chi connectivity index (χ0) is 42.9. The number of benzene rings is 9. The lowest BCUT2D eigenvalue weighted by Gasteiger charge is -2.45. The van der Waals surface area contributed by atoms with Crippen molar-refractivity contribution in [2.24, 2.45) is 10.7 Å². The maximum absolute atomic E-state index is 8.66. The fourth-order valence-electron chi connectivity index (χ4n) is 10.3. The maximum Gasteiger partial charge on any atom is 0.156 e. The van der Waals surface area contributed by atoms with Crippen LogP contribution in [-0.2, 0) is 5.41 Å². The predicted molar refractivity (Wildman–Crippen MR) is 262 cm³/mol. The standard InChI is InChI=1S/C51H33N5O.C7H8/c52-49(31-14-2-1-3-15-31)54-50(53)32-16-12-17-33(30-32)55-42-24-8-4-19-35(42)37-28-29-41-48(47(37)55)57-45-27-11-7-22-39(45)51(41)38-21-6-10-26-44(38)56-43-25-9-5-18-34(43)36-20-13-23-40(51)46(36)56;1-7-5-3-2-4-6-7/h1-30H,(H3,52,53,54);2-6H,1H3. The van der Waals surface area contributed by atoms with Crippen LogP contribution in [0.25, 0.3) is 55.0 Å². The van der Waals surface area contributed by atoms with Gasteiger partial charge < -0.3 is 19.6 Å². The number of rotatable bonds is 3. The van der Waals surface area contributed by atoms with Crippen LogP contribution in [0.4, 0.5) is 0 Å². The van der Waals surface area contributed by atoms with Crippen LogP contribution in [0.5, 0.6) is 11.5 Å². The summed E-state index contributed by atoms with van der Waals surface area (Å²) in [5.74, 6) is 2.04. The van der Waals surface area contributed by atoms with E-state index >= 15 is 0 Å². The zero-order valence-corrected chi connectivity index (χ0v) is 35.0. The number of fused-ring (bicyclic) bond motifs is 15. The summed E-state index contributed by atoms with van der Waals surface area (Å²) in [6.07, 6.45) is 0. The quantitative estimate of drug-likeness (QED) is 0.137. The van der Waals surface area contributed by atoms with Crippen LogP contribution in [0.2, 0.25) is 0 Å². The Morgan fingerprint density at radius 3 is 1.83 bits per heavy atom. The summed E-state index contributed by atoms with van der Waals surface area (Å²) in [5, 5.41) is 13.3. The van der Waals surface area contributed by atoms with Gasteiger partial charge in [0, 0.05) is 49.5 Å². The molecule has 0 aliphatic carbocycles. The van der Waals surface area contributed by atoms with E-state index in [1.807, 2.05) is 60.7 Å². The van der Waals surface area contributed by atoms with Crippen LogP contribution >= 0.6 is 0 Å². The average Bonchev–Trinajstić information content (AvgIpc) is 3.88. The van der Waals surface area contributed by atoms with Crippen molar-refractivity contribution in [3.63, 3.8) is 0 Å². The van der Waals surface area contributed by atoms with Gasteiger partial charge in [-0.3, -0.25) is 5.41 Å². The summed E-state index contributed by atoms with van der Waals surface area (Å²) < 4.78 is 12.0. The SMILES string of the molecule is Cc1ccccc1.N=C(N=C(N)c1cccc(-n2c3ccccc3c3ccc4c(c32)Oc2ccccc2C42c3ccccc3-n3c4ccccc4c4cccc2c43)c1)c1ccccc1. The van der Waals surface area contributed by atoms with Gasteiger partial charge in [-0.1, -0.05) is 181 Å². The molecule has 0 fully saturated rings. The van der Waals surface area contributed by atoms with Crippen molar-refractivity contribution in [3.05, 3.63) is 251 Å². The minimum Gasteiger partial charge on any atom is -0.454 e. The molecule has 0 bridgehead atoms. The van der Waals surface area contributed by atoms with Gasteiger partial charge in [0.25, 0.3) is 0 Å². The number of aliphatic imine (C=N–C) groups is 1. The van der Waals surface area contributed by atoms with Crippen molar-refractivity contribution in [2.75, 3.05) is 0 Å². The molecule has 2 aliphatic rings. The molecule has 6 heteroatoms. The van der Waals surface area contributed by atoms with E-state index in [2.05, 4.69) is 173 Å². The molecule has 3 N–H and O–H groups in total. The first-order valence-electron chi connectivity index (χ1n) is 21.6. The second kappa shape index (κ2) is 14.6. The lowest BCUT2D eigenvalue weighted by molar-refractivity contribution is 0.438. The Hall–Kier alpha value is -8.48. The molecular weight excluding hydrogens is 783 g/mol. The Labute approximate surface area is 370 Å². The molecule has 1 spiro atoms. The van der Waals surface area contributed by atoms with Gasteiger partial charge in [-0.15, -0.1) is 0 Å². The van der Waals surface area contributed by atoms with Crippen LogP contribution in [0.3, 0.4) is 0 Å². The van der Waals surface area contributed by atoms with Crippen molar-refractivity contribution < 1.29 is 4.74 Å². The molecule has 0 saturated carbocycles. The van der Waals surface area contributed by atoms with E-state index in [4.69, 9.17) is 15.9 Å². The summed E-state index contributed by atoms with van der Waals surface area (Å²) in [6.45, 7) is 2.08. The summed E-state index contributed by atoms with van der Waals surface area (Å²) in [7, 11) is 0. The molecule has 11 aromatic rings. The van der Waals surface area contributed by atoms with Crippen molar-refractivity contribution in [3.8, 4) is 22.9 Å². The van der Waals surface area contributed by atoms with E-state index in [0.29, 0.717) is 5.56 Å². The lowest BCUT2D eigenvalue weighted by atomic mass is 9.61. The van der Waals surface area contributed by atoms with Crippen LogP contribution in [0, 0.1) is 12.3 Å². The van der Waals surface area contributed by atoms with Crippen molar-refractivity contribution in [1.29, 1.82) is 5.41 Å². The Kier molecular flexibility index (Phi) is 8.49. The smallest absolute Gasteiger partial charge is 0.156 e. The first kappa shape index (κ1) is 37.3. The van der Waals surface area contributed by atoms with Gasteiger partial charge in [-0.25, -0.2) is 4.99 Å². The molecule has 9 aromatic carbocycles. The second-order valence-corrected chi connectivity index (χ2v) is 16.5. The van der Waals surface area contributed by atoms with E-state index in [1.165, 1.54) is 38.5 Å². The summed E-state index contributed by atoms with van der Waals surface area (Å²) in [6, 6.07) is 73.9. The topological polar surface area (TPSA) is 81.3 Å². The monoisotopic (exact) mass is 823 g/mol. The lowest BCUT2D eigenvalue weighted by Crippen LogP contribution is -2.37. The summed E-state index contributed by atoms with van der Waals surface area (Å²) in [5.41, 5.74) is 19.9. The highest BCUT2D eigenvalue weighted by Gasteiger charge is 2.51. The number of nitrogens with two attached hydrogens (primary N) is 1. The van der Waals surface area contributed by atoms with Gasteiger partial charge in [0.15, 0.2) is 11.6 Å². The average molecular weight is 824 g/mol. The highest BCUT2D eigenvalue weighted by atomic mass is 16.5. The molecule has 0 amide bonds. The maximum atomic E-state index is 8.66. The van der Waals surface area contributed by atoms with Gasteiger partial charge in [-0.2, -0.15) is 0 Å². The number of aryl methyl sites for hydroxylation is 1. The molecule has 2 aromatic heterocycles. The van der Waals surface area contributed by atoms with Crippen LogP contribution < -0.4 is 10.5 Å². The minimum atomic E-state index is -0.698. The Morgan fingerprint density at radius 2 is 1.08 bits per heavy atom. The van der Waals surface area contributed by atoms with Gasteiger partial charge in [0.05, 0.1) is 33.2 Å². The van der Waals surface area contributed by atoms with E-state index in [0.717, 1.165) is 61.4 Å². The zero-order valence-electron chi connectivity index (χ0n) is 35.0. The minimum absolute atomic E-state index is 0.114. The third-order valence-corrected chi connectivity index (χ3v) is 13.0. The molecule has 6 nitrogen and oxygen atoms in total. The predicted octanol–water partition coefficient (Wildman–Crippen LogP) is 13.4. The normalized spacial score (nSPS) is 14.7. The first-order chi connectivity index (χ1) is 31.5. The van der Waals surface area contributed by atoms with Crippen molar-refractivity contribution >= 4 is 55.3 Å². The molecule has 64 heavy (non-hydrogen) atoms. The molecule has 13 rings (SSSR count). The van der Waals surface area contributed by atoms with Gasteiger partial charge in [-0.05, 0) is 54.4 Å². The Morgan fingerprint density at radius 1 is 0.500 bits per heavy atom. The number of nitrogens with one attached hydrogen (secondary N) is 1. The molecule has 4 heterocycles. The fourth-order valence-corrected chi connectivity index (χ4v) is 10.3. The van der Waals surface area contributed by atoms with Crippen LogP contribution in [0.1, 0.15) is 38.9 Å². The summed E-state index contributed by atoms with van der Waals surface area (Å²) >= 11 is 0. The van der Waals surface area contributed by atoms with Crippen LogP contribution in [-0.4, -0.2) is 20.8 Å². The molecule has 1 unspecified atom stereocenters. The molecular formula is C58H41N5O. The second-order valence-electron chi connectivity index (χ2n) is 16.5. The van der Waals surface area contributed by atoms with Gasteiger partial charge in [0.1, 0.15) is 11.6 Å². The Balaban J connectivity index is 0.000000568. The third-order valence-electron chi connectivity index (χ3n) is 13.0. The molecule has 304 valence electrons. The molecule has 0 radical (unpaired) electrons. The molecule has 1 atom stereocenters. The van der Waals surface area contributed by atoms with Gasteiger partial charge >= 0.3 is 0 Å². The first-order valence-corrected chi connectivity index (χ1v) is 21.6. The van der Waals surface area contributed by atoms with E-state index in [1.54, 1.807) is 0 Å². The summed E-state index contributed by atoms with van der Waals surface area (Å²) in [4.78, 5) is 4.53. The molecule has 0 saturated heterocycles. The van der Waals surface area contributed by atoms with E-state index in [-0.39, 0.29) is 11.7 Å². The van der Waals surface area contributed by atoms with Crippen molar-refractivity contribution in [2.45, 2.75) is 12.3 Å². The fraction of sp³-hybridized carbons (Fsp3) is 0.0345. The highest BCUT2D eigenvalue weighted by molar-refractivity contribution is 6.15. The number of aromatic nitrogens is 2. The van der Waals surface area contributed by atoms with Gasteiger partial charge in [0.2, 0.25) is 0 Å². The number of ether oxygens (including phenoxy) is 1. The number of para-hydroxylation sites is 5. The third kappa shape index (κ3) is 5.45. The molecule has 2 aliphatic heterocycles.